The zero-order valence-electron chi connectivity index (χ0n) is 62.0. The van der Waals surface area contributed by atoms with Crippen molar-refractivity contribution in [2.75, 3.05) is 0 Å². The summed E-state index contributed by atoms with van der Waals surface area (Å²) in [7, 11) is 0. The number of nitrogens with one attached hydrogen (secondary N) is 2. The highest BCUT2D eigenvalue weighted by Gasteiger charge is 2.21. The molecule has 19 aromatic rings. The predicted octanol–water partition coefficient (Wildman–Crippen LogP) is 25.6. The Morgan fingerprint density at radius 2 is 0.545 bits per heavy atom. The van der Waals surface area contributed by atoms with E-state index in [2.05, 4.69) is 358 Å². The first kappa shape index (κ1) is 68.5. The van der Waals surface area contributed by atoms with Gasteiger partial charge in [0.05, 0.1) is 33.1 Å². The smallest absolute Gasteiger partial charge is 0.248 e. The number of nitrogens with zero attached hydrogens (tertiary/aromatic N) is 5. The van der Waals surface area contributed by atoms with E-state index in [4.69, 9.17) is 14.6 Å². The maximum absolute atomic E-state index is 9.42. The molecule has 0 aliphatic carbocycles. The van der Waals surface area contributed by atoms with E-state index < -0.39 is 0 Å². The second-order valence-corrected chi connectivity index (χ2v) is 29.4. The van der Waals surface area contributed by atoms with Gasteiger partial charge in [0.25, 0.3) is 0 Å². The van der Waals surface area contributed by atoms with E-state index in [0.717, 1.165) is 79.6 Å². The van der Waals surface area contributed by atoms with E-state index in [1.54, 1.807) is 0 Å². The molecular formula is C103H79N7O2. The molecule has 112 heavy (non-hydrogen) atoms. The predicted molar refractivity (Wildman–Crippen MR) is 461 cm³/mol. The fraction of sp³-hybridized carbons (Fsp3) is 0.0874. The van der Waals surface area contributed by atoms with Crippen LogP contribution in [0.1, 0.15) is 63.8 Å². The number of hydrogen-bond donors (Lipinski definition) is 2. The average molecular weight is 1450 g/mol. The molecule has 538 valence electrons. The van der Waals surface area contributed by atoms with Crippen LogP contribution in [0.3, 0.4) is 0 Å². The first-order valence-corrected chi connectivity index (χ1v) is 38.9. The monoisotopic (exact) mass is 1450 g/mol. The quantitative estimate of drug-likeness (QED) is 0.0520. The van der Waals surface area contributed by atoms with E-state index in [9.17, 15) is 5.41 Å². The van der Waals surface area contributed by atoms with Crippen LogP contribution in [0.4, 0.5) is 0 Å². The standard InChI is InChI=1S/C103H79N7O2/c104-100(78-47-37-69(38-48-78)19-16-21-71-41-54-85(55-42-71)108-94-34-13-10-31-88(94)91-66-80(51-60-97(91)108)75-25-4-1-5-26-75)111-101(105)83-63-74(24-18-23-73-45-58-87(59-46-73)110-96-36-15-12-33-90(96)93-68-82(53-62-99(93)110)77-29-8-3-9-30-77)64-84(65-83)103-107-106-102(112-103)79-49-39-70(40-50-79)20-17-22-72-43-56-86(57-44-72)109-95-35-14-11-32-89(95)92-67-81(52-61-98(92)109)76-27-6-2-7-28-76/h1-15,25-68,104-105H,16-24H2. The summed E-state index contributed by atoms with van der Waals surface area (Å²) in [6.45, 7) is 0. The van der Waals surface area contributed by atoms with E-state index in [-0.39, 0.29) is 11.8 Å². The molecule has 0 bridgehead atoms. The Hall–Kier alpha value is -14.0. The number of aryl methyl sites for hydroxylation is 6. The van der Waals surface area contributed by atoms with Crippen molar-refractivity contribution in [3.63, 3.8) is 0 Å². The lowest BCUT2D eigenvalue weighted by Crippen LogP contribution is -2.13. The molecule has 0 atom stereocenters. The molecule has 0 aliphatic rings. The number of benzene rings is 15. The molecule has 2 N–H and O–H groups in total. The molecule has 0 aliphatic heterocycles. The van der Waals surface area contributed by atoms with Crippen LogP contribution < -0.4 is 0 Å². The van der Waals surface area contributed by atoms with E-state index in [0.29, 0.717) is 34.9 Å². The van der Waals surface area contributed by atoms with Crippen molar-refractivity contribution in [1.82, 2.24) is 23.9 Å². The Morgan fingerprint density at radius 3 is 0.929 bits per heavy atom. The summed E-state index contributed by atoms with van der Waals surface area (Å²) in [5, 5.41) is 35.2. The van der Waals surface area contributed by atoms with Crippen LogP contribution in [0.5, 0.6) is 0 Å². The van der Waals surface area contributed by atoms with Crippen molar-refractivity contribution in [2.24, 2.45) is 0 Å². The van der Waals surface area contributed by atoms with Crippen LogP contribution >= 0.6 is 0 Å². The number of rotatable bonds is 22. The van der Waals surface area contributed by atoms with Gasteiger partial charge in [-0.05, 0) is 258 Å². The van der Waals surface area contributed by atoms with Gasteiger partial charge < -0.3 is 22.9 Å². The van der Waals surface area contributed by atoms with Gasteiger partial charge in [-0.1, -0.05) is 224 Å². The Morgan fingerprint density at radius 1 is 0.241 bits per heavy atom. The minimum absolute atomic E-state index is 0.100. The largest absolute Gasteiger partial charge is 0.421 e. The highest BCUT2D eigenvalue weighted by Crippen LogP contribution is 2.40. The molecule has 19 rings (SSSR count). The first-order valence-electron chi connectivity index (χ1n) is 38.9. The van der Waals surface area contributed by atoms with E-state index in [1.165, 1.54) is 127 Å². The van der Waals surface area contributed by atoms with Gasteiger partial charge in [0, 0.05) is 71.6 Å². The minimum atomic E-state index is -0.139. The van der Waals surface area contributed by atoms with Crippen LogP contribution in [0.25, 0.3) is 139 Å². The summed E-state index contributed by atoms with van der Waals surface area (Å²) < 4.78 is 19.8. The normalized spacial score (nSPS) is 11.6. The third-order valence-corrected chi connectivity index (χ3v) is 22.3. The maximum Gasteiger partial charge on any atom is 0.248 e. The van der Waals surface area contributed by atoms with Gasteiger partial charge in [-0.2, -0.15) is 0 Å². The van der Waals surface area contributed by atoms with Gasteiger partial charge in [-0.25, -0.2) is 0 Å². The Bertz CT molecular complexity index is 6670. The molecular weight excluding hydrogens is 1370 g/mol. The number of para-hydroxylation sites is 3. The Kier molecular flexibility index (Phi) is 18.5. The molecule has 0 unspecified atom stereocenters. The number of hydrogen-bond acceptors (Lipinski definition) is 6. The third-order valence-electron chi connectivity index (χ3n) is 22.3. The van der Waals surface area contributed by atoms with Gasteiger partial charge in [0.2, 0.25) is 23.6 Å². The lowest BCUT2D eigenvalue weighted by molar-refractivity contribution is 0.538. The molecule has 15 aromatic carbocycles. The summed E-state index contributed by atoms with van der Waals surface area (Å²) in [6.07, 6.45) is 8.06. The number of fused-ring (bicyclic) bond motifs is 9. The third kappa shape index (κ3) is 13.7. The van der Waals surface area contributed by atoms with Crippen LogP contribution in [-0.2, 0) is 43.3 Å². The number of ether oxygens (including phenoxy) is 1. The zero-order chi connectivity index (χ0) is 74.9. The van der Waals surface area contributed by atoms with Crippen LogP contribution in [0.2, 0.25) is 0 Å². The van der Waals surface area contributed by atoms with Crippen molar-refractivity contribution < 1.29 is 9.15 Å². The first-order chi connectivity index (χ1) is 55.3. The van der Waals surface area contributed by atoms with Gasteiger partial charge >= 0.3 is 0 Å². The molecule has 9 nitrogen and oxygen atoms in total. The van der Waals surface area contributed by atoms with Crippen LogP contribution in [-0.4, -0.2) is 35.7 Å². The van der Waals surface area contributed by atoms with Crippen molar-refractivity contribution in [3.05, 3.63) is 402 Å². The van der Waals surface area contributed by atoms with Crippen LogP contribution in [0.15, 0.2) is 362 Å². The number of aromatic nitrogens is 5. The fourth-order valence-corrected chi connectivity index (χ4v) is 16.5. The molecule has 0 spiro atoms. The molecule has 9 heteroatoms. The van der Waals surface area contributed by atoms with Crippen LogP contribution in [0, 0.1) is 10.8 Å². The van der Waals surface area contributed by atoms with Gasteiger partial charge in [0.1, 0.15) is 0 Å². The van der Waals surface area contributed by atoms with Gasteiger partial charge in [-0.15, -0.1) is 10.2 Å². The molecule has 4 heterocycles. The highest BCUT2D eigenvalue weighted by atomic mass is 16.5. The summed E-state index contributed by atoms with van der Waals surface area (Å²) in [5.41, 5.74) is 27.6. The average Bonchev–Trinajstić information content (AvgIpc) is 1.60. The summed E-state index contributed by atoms with van der Waals surface area (Å²) >= 11 is 0. The minimum Gasteiger partial charge on any atom is -0.421 e. The lowest BCUT2D eigenvalue weighted by atomic mass is 9.99. The second kappa shape index (κ2) is 30.2. The SMILES string of the molecule is N=C(OC(=N)c1cc(CCCc2ccc(-n3c4ccccc4c4cc(-c5ccccc5)ccc43)cc2)cc(-c2nnc(-c3ccc(CCCc4ccc(-n5c6ccccc6c6cc(-c7ccccc7)ccc65)cc4)cc3)o2)c1)c1ccc(CCCc2ccc(-n3c4ccccc4c4cc(-c5ccccc5)ccc43)cc2)cc1. The molecule has 4 aromatic heterocycles. The summed E-state index contributed by atoms with van der Waals surface area (Å²) in [5.74, 6) is 0.514. The molecule has 0 radical (unpaired) electrons. The highest BCUT2D eigenvalue weighted by molar-refractivity contribution is 6.13. The second-order valence-electron chi connectivity index (χ2n) is 29.4. The summed E-state index contributed by atoms with van der Waals surface area (Å²) in [6, 6.07) is 128. The fourth-order valence-electron chi connectivity index (χ4n) is 16.5. The molecule has 0 amide bonds. The van der Waals surface area contributed by atoms with E-state index in [1.807, 2.05) is 24.3 Å². The zero-order valence-corrected chi connectivity index (χ0v) is 62.0. The lowest BCUT2D eigenvalue weighted by Gasteiger charge is -2.12. The Labute approximate surface area is 650 Å². The Balaban J connectivity index is 0.520. The van der Waals surface area contributed by atoms with Crippen molar-refractivity contribution in [3.8, 4) is 73.4 Å². The summed E-state index contributed by atoms with van der Waals surface area (Å²) in [4.78, 5) is 0. The van der Waals surface area contributed by atoms with Crippen molar-refractivity contribution >= 4 is 77.2 Å². The molecule has 0 saturated carbocycles. The van der Waals surface area contributed by atoms with Gasteiger partial charge in [-0.3, -0.25) is 10.8 Å². The maximum atomic E-state index is 9.42. The molecule has 0 fully saturated rings. The topological polar surface area (TPSA) is 111 Å². The van der Waals surface area contributed by atoms with Gasteiger partial charge in [0.15, 0.2) is 0 Å². The van der Waals surface area contributed by atoms with Crippen molar-refractivity contribution in [2.45, 2.75) is 57.8 Å². The molecule has 0 saturated heterocycles. The van der Waals surface area contributed by atoms with Crippen molar-refractivity contribution in [1.29, 1.82) is 10.8 Å². The van der Waals surface area contributed by atoms with E-state index >= 15 is 0 Å².